The molecule has 0 aliphatic heterocycles. The third-order valence-corrected chi connectivity index (χ3v) is 4.51. The molecular weight excluding hydrogens is 272 g/mol. The fourth-order valence-corrected chi connectivity index (χ4v) is 2.79. The normalized spacial score (nSPS) is 13.6. The summed E-state index contributed by atoms with van der Waals surface area (Å²) >= 11 is 3.89. The van der Waals surface area contributed by atoms with E-state index in [4.69, 9.17) is 20.1 Å². The number of carbonyl (C=O) groups is 1. The third-order valence-electron chi connectivity index (χ3n) is 2.05. The first-order valence-electron chi connectivity index (χ1n) is 4.51. The second kappa shape index (κ2) is 8.48. The average molecular weight is 288 g/mol. The Kier molecular flexibility index (Phi) is 8.70. The van der Waals surface area contributed by atoms with E-state index in [1.807, 2.05) is 0 Å². The van der Waals surface area contributed by atoms with Crippen LogP contribution in [0.1, 0.15) is 6.92 Å². The van der Waals surface area contributed by atoms with Crippen LogP contribution in [-0.2, 0) is 9.53 Å². The van der Waals surface area contributed by atoms with Gasteiger partial charge in [-0.15, -0.1) is 0 Å². The lowest BCUT2D eigenvalue weighted by Gasteiger charge is -2.26. The summed E-state index contributed by atoms with van der Waals surface area (Å²) in [6.45, 7) is 0.106. The van der Waals surface area contributed by atoms with Gasteiger partial charge in [0.1, 0.15) is 11.9 Å². The Balaban J connectivity index is 4.15. The summed E-state index contributed by atoms with van der Waals surface area (Å²) in [6, 6.07) is 0. The van der Waals surface area contributed by atoms with Crippen molar-refractivity contribution in [2.75, 3.05) is 26.4 Å². The van der Waals surface area contributed by atoms with Crippen molar-refractivity contribution >= 4 is 38.2 Å². The molecule has 0 aromatic heterocycles. The molecule has 0 fully saturated rings. The van der Waals surface area contributed by atoms with Crippen LogP contribution in [0.2, 0.25) is 0 Å². The summed E-state index contributed by atoms with van der Waals surface area (Å²) in [4.78, 5) is 11.4. The second-order valence-electron chi connectivity index (χ2n) is 3.40. The number of rotatable bonds is 8. The van der Waals surface area contributed by atoms with Crippen LogP contribution in [0.5, 0.6) is 0 Å². The highest BCUT2D eigenvalue weighted by atomic mass is 33.5. The van der Waals surface area contributed by atoms with Crippen LogP contribution >= 0.6 is 32.3 Å². The number of aliphatic hydroxyl groups is 3. The lowest BCUT2D eigenvalue weighted by Crippen LogP contribution is -2.40. The standard InChI is InChI=1S/C8H16O5S3/c1-6(15-16-14)7(12)13-5-8(2-9,3-10)4-11/h6,9-11,14H,2-5H2,1H3. The Morgan fingerprint density at radius 2 is 1.88 bits per heavy atom. The summed E-state index contributed by atoms with van der Waals surface area (Å²) in [7, 11) is 2.38. The van der Waals surface area contributed by atoms with Gasteiger partial charge in [0.2, 0.25) is 0 Å². The van der Waals surface area contributed by atoms with Crippen LogP contribution in [0.25, 0.3) is 0 Å². The van der Waals surface area contributed by atoms with Crippen LogP contribution in [0, 0.1) is 5.41 Å². The van der Waals surface area contributed by atoms with Gasteiger partial charge in [0.15, 0.2) is 0 Å². The Labute approximate surface area is 107 Å². The Morgan fingerprint density at radius 3 is 2.25 bits per heavy atom. The fourth-order valence-electron chi connectivity index (χ4n) is 0.732. The van der Waals surface area contributed by atoms with Crippen LogP contribution in [0.3, 0.4) is 0 Å². The minimum atomic E-state index is -1.17. The third kappa shape index (κ3) is 5.15. The second-order valence-corrected chi connectivity index (χ2v) is 6.81. The molecule has 16 heavy (non-hydrogen) atoms. The first-order chi connectivity index (χ1) is 7.55. The quantitative estimate of drug-likeness (QED) is 0.286. The van der Waals surface area contributed by atoms with E-state index < -0.39 is 36.5 Å². The van der Waals surface area contributed by atoms with Gasteiger partial charge in [-0.2, -0.15) is 0 Å². The molecule has 0 aromatic carbocycles. The highest BCUT2D eigenvalue weighted by Gasteiger charge is 2.31. The molecule has 0 bridgehead atoms. The average Bonchev–Trinajstić information content (AvgIpc) is 2.31. The molecule has 1 unspecified atom stereocenters. The van der Waals surface area contributed by atoms with Gasteiger partial charge in [-0.05, 0) is 16.7 Å². The smallest absolute Gasteiger partial charge is 0.319 e. The van der Waals surface area contributed by atoms with Gasteiger partial charge < -0.3 is 20.1 Å². The lowest BCUT2D eigenvalue weighted by molar-refractivity contribution is -0.150. The molecule has 0 amide bonds. The Bertz CT molecular complexity index is 202. The minimum Gasteiger partial charge on any atom is -0.464 e. The molecular formula is C8H16O5S3. The summed E-state index contributed by atoms with van der Waals surface area (Å²) in [5.41, 5.74) is -1.17. The van der Waals surface area contributed by atoms with E-state index in [1.165, 1.54) is 10.8 Å². The molecule has 1 atom stereocenters. The van der Waals surface area contributed by atoms with E-state index >= 15 is 0 Å². The molecule has 0 saturated heterocycles. The molecule has 96 valence electrons. The molecule has 0 aromatic rings. The van der Waals surface area contributed by atoms with Crippen LogP contribution in [-0.4, -0.2) is 53.0 Å². The van der Waals surface area contributed by atoms with E-state index in [1.54, 1.807) is 6.92 Å². The highest BCUT2D eigenvalue weighted by molar-refractivity contribution is 9.05. The molecule has 3 N–H and O–H groups in total. The van der Waals surface area contributed by atoms with Crippen molar-refractivity contribution < 1.29 is 24.9 Å². The van der Waals surface area contributed by atoms with E-state index in [2.05, 4.69) is 11.7 Å². The van der Waals surface area contributed by atoms with Crippen molar-refractivity contribution in [2.24, 2.45) is 5.41 Å². The van der Waals surface area contributed by atoms with Crippen molar-refractivity contribution in [2.45, 2.75) is 12.2 Å². The summed E-state index contributed by atoms with van der Waals surface area (Å²) in [5, 5.41) is 26.6. The zero-order chi connectivity index (χ0) is 12.6. The molecule has 0 radical (unpaired) electrons. The molecule has 5 nitrogen and oxygen atoms in total. The molecule has 0 heterocycles. The van der Waals surface area contributed by atoms with E-state index in [0.29, 0.717) is 0 Å². The lowest BCUT2D eigenvalue weighted by atomic mass is 9.93. The predicted molar refractivity (Wildman–Crippen MR) is 68.3 cm³/mol. The van der Waals surface area contributed by atoms with Crippen molar-refractivity contribution in [3.8, 4) is 0 Å². The number of hydrogen-bond donors (Lipinski definition) is 4. The number of aliphatic hydroxyl groups excluding tert-OH is 3. The van der Waals surface area contributed by atoms with Gasteiger partial charge in [0.25, 0.3) is 0 Å². The summed E-state index contributed by atoms with van der Waals surface area (Å²) in [5.74, 6) is -0.466. The van der Waals surface area contributed by atoms with Gasteiger partial charge >= 0.3 is 5.97 Å². The zero-order valence-corrected chi connectivity index (χ0v) is 11.4. The number of ether oxygens (including phenoxy) is 1. The van der Waals surface area contributed by atoms with E-state index in [-0.39, 0.29) is 6.61 Å². The predicted octanol–water partition coefficient (Wildman–Crippen LogP) is 0.108. The van der Waals surface area contributed by atoms with Gasteiger partial charge in [-0.1, -0.05) is 22.5 Å². The topological polar surface area (TPSA) is 87.0 Å². The molecule has 0 saturated carbocycles. The van der Waals surface area contributed by atoms with Gasteiger partial charge in [0.05, 0.1) is 25.2 Å². The summed E-state index contributed by atoms with van der Waals surface area (Å²) < 4.78 is 4.91. The van der Waals surface area contributed by atoms with Crippen LogP contribution in [0.4, 0.5) is 0 Å². The van der Waals surface area contributed by atoms with E-state index in [9.17, 15) is 4.79 Å². The zero-order valence-electron chi connectivity index (χ0n) is 8.83. The first kappa shape index (κ1) is 16.4. The molecule has 0 spiro atoms. The Morgan fingerprint density at radius 1 is 1.38 bits per heavy atom. The van der Waals surface area contributed by atoms with Crippen molar-refractivity contribution in [3.05, 3.63) is 0 Å². The maximum Gasteiger partial charge on any atom is 0.319 e. The van der Waals surface area contributed by atoms with E-state index in [0.717, 1.165) is 9.83 Å². The molecule has 0 rings (SSSR count). The fraction of sp³-hybridized carbons (Fsp3) is 0.875. The Hall–Kier alpha value is 0.400. The van der Waals surface area contributed by atoms with Crippen molar-refractivity contribution in [1.82, 2.24) is 0 Å². The summed E-state index contributed by atoms with van der Waals surface area (Å²) in [6.07, 6.45) is 0. The van der Waals surface area contributed by atoms with Gasteiger partial charge in [-0.25, -0.2) is 0 Å². The van der Waals surface area contributed by atoms with Crippen LogP contribution < -0.4 is 0 Å². The van der Waals surface area contributed by atoms with Crippen LogP contribution in [0.15, 0.2) is 0 Å². The van der Waals surface area contributed by atoms with Crippen molar-refractivity contribution in [1.29, 1.82) is 0 Å². The molecule has 8 heteroatoms. The number of thiol groups is 1. The monoisotopic (exact) mass is 288 g/mol. The number of esters is 1. The van der Waals surface area contributed by atoms with Gasteiger partial charge in [-0.3, -0.25) is 4.79 Å². The van der Waals surface area contributed by atoms with Crippen molar-refractivity contribution in [3.63, 3.8) is 0 Å². The minimum absolute atomic E-state index is 0.211. The molecule has 0 aliphatic rings. The number of hydrogen-bond acceptors (Lipinski definition) is 8. The maximum atomic E-state index is 11.4. The number of carbonyl (C=O) groups excluding carboxylic acids is 1. The SMILES string of the molecule is CC(SSS)C(=O)OCC(CO)(CO)CO. The largest absolute Gasteiger partial charge is 0.464 e. The maximum absolute atomic E-state index is 11.4. The highest BCUT2D eigenvalue weighted by Crippen LogP contribution is 2.30. The first-order valence-corrected chi connectivity index (χ1v) is 7.78. The molecule has 0 aliphatic carbocycles. The van der Waals surface area contributed by atoms with Gasteiger partial charge in [0, 0.05) is 0 Å².